The van der Waals surface area contributed by atoms with Gasteiger partial charge >= 0.3 is 0 Å². The lowest BCUT2D eigenvalue weighted by Crippen LogP contribution is -2.45. The number of aryl methyl sites for hydroxylation is 2. The summed E-state index contributed by atoms with van der Waals surface area (Å²) in [6.07, 6.45) is 1.60. The van der Waals surface area contributed by atoms with Crippen molar-refractivity contribution in [3.8, 4) is 0 Å². The van der Waals surface area contributed by atoms with Gasteiger partial charge in [-0.2, -0.15) is 0 Å². The number of rotatable bonds is 7. The van der Waals surface area contributed by atoms with Crippen LogP contribution in [0.5, 0.6) is 0 Å². The van der Waals surface area contributed by atoms with Gasteiger partial charge in [0.1, 0.15) is 0 Å². The molecule has 2 amide bonds. The zero-order valence-electron chi connectivity index (χ0n) is 17.6. The Balaban J connectivity index is 1.48. The third-order valence-electron chi connectivity index (χ3n) is 5.24. The number of carbonyl (C=O) groups is 2. The highest BCUT2D eigenvalue weighted by Gasteiger charge is 2.27. The van der Waals surface area contributed by atoms with Crippen molar-refractivity contribution in [2.24, 2.45) is 11.1 Å². The van der Waals surface area contributed by atoms with Crippen molar-refractivity contribution < 1.29 is 18.0 Å². The van der Waals surface area contributed by atoms with Crippen LogP contribution in [0.1, 0.15) is 29.0 Å². The van der Waals surface area contributed by atoms with Gasteiger partial charge < -0.3 is 10.6 Å². The van der Waals surface area contributed by atoms with Crippen LogP contribution in [0.3, 0.4) is 0 Å². The van der Waals surface area contributed by atoms with E-state index in [1.54, 1.807) is 12.1 Å². The lowest BCUT2D eigenvalue weighted by Gasteiger charge is -2.31. The highest BCUT2D eigenvalue weighted by atomic mass is 32.2. The van der Waals surface area contributed by atoms with Gasteiger partial charge in [-0.25, -0.2) is 18.5 Å². The number of piperidine rings is 1. The van der Waals surface area contributed by atoms with Crippen molar-refractivity contribution in [3.05, 3.63) is 40.4 Å². The average molecular weight is 466 g/mol. The molecule has 1 unspecified atom stereocenters. The van der Waals surface area contributed by atoms with Crippen molar-refractivity contribution in [1.82, 2.24) is 15.2 Å². The second kappa shape index (κ2) is 9.86. The Bertz CT molecular complexity index is 1030. The molecule has 3 rings (SSSR count). The van der Waals surface area contributed by atoms with Crippen LogP contribution < -0.4 is 15.8 Å². The number of aromatic nitrogens is 1. The molecule has 1 aliphatic rings. The molecule has 1 aromatic carbocycles. The molecule has 11 heteroatoms. The van der Waals surface area contributed by atoms with Crippen LogP contribution in [-0.4, -0.2) is 49.8 Å². The summed E-state index contributed by atoms with van der Waals surface area (Å²) in [5.74, 6) is -0.411. The van der Waals surface area contributed by atoms with Gasteiger partial charge in [0.15, 0.2) is 5.13 Å². The minimum Gasteiger partial charge on any atom is -0.352 e. The summed E-state index contributed by atoms with van der Waals surface area (Å²) < 4.78 is 22.6. The van der Waals surface area contributed by atoms with E-state index >= 15 is 0 Å². The van der Waals surface area contributed by atoms with E-state index in [0.717, 1.165) is 35.5 Å². The van der Waals surface area contributed by atoms with E-state index in [9.17, 15) is 18.0 Å². The van der Waals surface area contributed by atoms with Crippen molar-refractivity contribution in [3.63, 3.8) is 0 Å². The van der Waals surface area contributed by atoms with E-state index in [0.29, 0.717) is 18.2 Å². The molecule has 0 bridgehead atoms. The van der Waals surface area contributed by atoms with Crippen molar-refractivity contribution in [1.29, 1.82) is 0 Å². The van der Waals surface area contributed by atoms with Crippen LogP contribution in [0.2, 0.25) is 0 Å². The number of nitrogens with zero attached hydrogens (tertiary/aromatic N) is 2. The molecular weight excluding hydrogens is 438 g/mol. The zero-order chi connectivity index (χ0) is 22.6. The van der Waals surface area contributed by atoms with Crippen molar-refractivity contribution in [2.75, 3.05) is 25.0 Å². The molecule has 0 radical (unpaired) electrons. The Morgan fingerprint density at radius 2 is 1.97 bits per heavy atom. The number of amides is 2. The number of primary sulfonamides is 1. The van der Waals surface area contributed by atoms with Crippen LogP contribution in [0.4, 0.5) is 5.13 Å². The first kappa shape index (κ1) is 23.3. The summed E-state index contributed by atoms with van der Waals surface area (Å²) in [5, 5.41) is 11.4. The molecule has 1 aromatic heterocycles. The molecule has 2 heterocycles. The number of nitrogens with two attached hydrogens (primary N) is 1. The van der Waals surface area contributed by atoms with Gasteiger partial charge in [-0.1, -0.05) is 12.1 Å². The lowest BCUT2D eigenvalue weighted by molar-refractivity contribution is -0.128. The Kier molecular flexibility index (Phi) is 7.42. The maximum Gasteiger partial charge on any atom is 0.240 e. The number of likely N-dealkylation sites (tertiary alicyclic amines) is 1. The molecule has 1 saturated heterocycles. The molecule has 31 heavy (non-hydrogen) atoms. The van der Waals surface area contributed by atoms with Gasteiger partial charge in [0, 0.05) is 18.0 Å². The van der Waals surface area contributed by atoms with E-state index in [4.69, 9.17) is 5.14 Å². The highest BCUT2D eigenvalue weighted by Crippen LogP contribution is 2.21. The highest BCUT2D eigenvalue weighted by molar-refractivity contribution is 7.89. The fourth-order valence-electron chi connectivity index (χ4n) is 3.43. The molecule has 0 spiro atoms. The average Bonchev–Trinajstić information content (AvgIpc) is 3.02. The summed E-state index contributed by atoms with van der Waals surface area (Å²) in [4.78, 5) is 32.4. The van der Waals surface area contributed by atoms with Crippen molar-refractivity contribution >= 4 is 38.3 Å². The summed E-state index contributed by atoms with van der Waals surface area (Å²) in [6, 6.07) is 6.09. The molecule has 1 aliphatic heterocycles. The van der Waals surface area contributed by atoms with E-state index < -0.39 is 10.0 Å². The molecule has 0 saturated carbocycles. The molecule has 1 atom stereocenters. The maximum atomic E-state index is 12.6. The number of benzene rings is 1. The van der Waals surface area contributed by atoms with Crippen LogP contribution in [0.15, 0.2) is 29.2 Å². The first-order chi connectivity index (χ1) is 14.6. The summed E-state index contributed by atoms with van der Waals surface area (Å²) >= 11 is 1.45. The van der Waals surface area contributed by atoms with E-state index in [1.165, 1.54) is 23.5 Å². The number of thiazole rings is 1. The van der Waals surface area contributed by atoms with E-state index in [2.05, 4.69) is 15.6 Å². The van der Waals surface area contributed by atoms with Crippen LogP contribution in [0, 0.1) is 19.8 Å². The Morgan fingerprint density at radius 1 is 1.26 bits per heavy atom. The first-order valence-electron chi connectivity index (χ1n) is 9.97. The summed E-state index contributed by atoms with van der Waals surface area (Å²) in [6.45, 7) is 5.66. The number of carbonyl (C=O) groups excluding carboxylic acids is 2. The minimum absolute atomic E-state index is 0.0341. The molecule has 168 valence electrons. The van der Waals surface area contributed by atoms with Crippen LogP contribution in [-0.2, 0) is 26.2 Å². The Hall–Kier alpha value is -2.34. The second-order valence-corrected chi connectivity index (χ2v) is 10.5. The largest absolute Gasteiger partial charge is 0.352 e. The third-order valence-corrected chi connectivity index (χ3v) is 7.15. The first-order valence-corrected chi connectivity index (χ1v) is 12.3. The lowest BCUT2D eigenvalue weighted by atomic mass is 9.97. The number of sulfonamides is 1. The van der Waals surface area contributed by atoms with Gasteiger partial charge in [0.25, 0.3) is 0 Å². The van der Waals surface area contributed by atoms with Gasteiger partial charge in [-0.05, 0) is 50.9 Å². The number of hydrogen-bond donors (Lipinski definition) is 3. The normalized spacial score (nSPS) is 17.3. The smallest absolute Gasteiger partial charge is 0.240 e. The van der Waals surface area contributed by atoms with Gasteiger partial charge in [-0.15, -0.1) is 11.3 Å². The van der Waals surface area contributed by atoms with Crippen LogP contribution in [0.25, 0.3) is 0 Å². The van der Waals surface area contributed by atoms with Crippen molar-refractivity contribution in [2.45, 2.75) is 38.1 Å². The molecule has 4 N–H and O–H groups in total. The summed E-state index contributed by atoms with van der Waals surface area (Å²) in [7, 11) is -3.73. The van der Waals surface area contributed by atoms with Gasteiger partial charge in [0.2, 0.25) is 21.8 Å². The Labute approximate surface area is 186 Å². The topological polar surface area (TPSA) is 134 Å². The van der Waals surface area contributed by atoms with Gasteiger partial charge in [0.05, 0.1) is 23.1 Å². The molecule has 2 aromatic rings. The molecule has 0 aliphatic carbocycles. The number of nitrogens with one attached hydrogen (secondary N) is 2. The SMILES string of the molecule is Cc1nc(NC(=O)CN2CCCC(C(=O)NCc3ccc(S(N)(=O)=O)cc3)C2)sc1C. The second-order valence-electron chi connectivity index (χ2n) is 7.69. The predicted molar refractivity (Wildman–Crippen MR) is 119 cm³/mol. The maximum absolute atomic E-state index is 12.6. The van der Waals surface area contributed by atoms with E-state index in [1.807, 2.05) is 18.7 Å². The monoisotopic (exact) mass is 465 g/mol. The van der Waals surface area contributed by atoms with E-state index in [-0.39, 0.29) is 29.2 Å². The molecule has 9 nitrogen and oxygen atoms in total. The molecule has 1 fully saturated rings. The fourth-order valence-corrected chi connectivity index (χ4v) is 4.78. The van der Waals surface area contributed by atoms with Crippen LogP contribution >= 0.6 is 11.3 Å². The minimum atomic E-state index is -3.73. The van der Waals surface area contributed by atoms with Gasteiger partial charge in [-0.3, -0.25) is 14.5 Å². The standard InChI is InChI=1S/C20H27N5O4S2/c1-13-14(2)30-20(23-13)24-18(26)12-25-9-3-4-16(11-25)19(27)22-10-15-5-7-17(8-6-15)31(21,28)29/h5-8,16H,3-4,9-12H2,1-2H3,(H,22,27)(H2,21,28,29)(H,23,24,26). The Morgan fingerprint density at radius 3 is 2.58 bits per heavy atom. The molecular formula is C20H27N5O4S2. The quantitative estimate of drug-likeness (QED) is 0.565. The predicted octanol–water partition coefficient (Wildman–Crippen LogP) is 1.37. The summed E-state index contributed by atoms with van der Waals surface area (Å²) in [5.41, 5.74) is 1.69. The third kappa shape index (κ3) is 6.57. The number of anilines is 1. The zero-order valence-corrected chi connectivity index (χ0v) is 19.2. The fraction of sp³-hybridized carbons (Fsp3) is 0.450. The number of hydrogen-bond acceptors (Lipinski definition) is 7.